The zero-order valence-corrected chi connectivity index (χ0v) is 28.6. The van der Waals surface area contributed by atoms with Crippen molar-refractivity contribution in [2.45, 2.75) is 95.2 Å². The second-order valence-corrected chi connectivity index (χ2v) is 15.4. The summed E-state index contributed by atoms with van der Waals surface area (Å²) in [6.07, 6.45) is 12.0. The van der Waals surface area contributed by atoms with Gasteiger partial charge in [0, 0.05) is 71.4 Å². The molecule has 2 spiro atoms. The van der Waals surface area contributed by atoms with E-state index >= 15 is 0 Å². The van der Waals surface area contributed by atoms with Crippen molar-refractivity contribution in [2.24, 2.45) is 29.6 Å². The van der Waals surface area contributed by atoms with E-state index in [2.05, 4.69) is 23.6 Å². The highest BCUT2D eigenvalue weighted by Crippen LogP contribution is 2.62. The van der Waals surface area contributed by atoms with Gasteiger partial charge in [0.25, 0.3) is 0 Å². The number of benzene rings is 2. The van der Waals surface area contributed by atoms with E-state index in [0.717, 1.165) is 83.8 Å². The van der Waals surface area contributed by atoms with E-state index in [1.54, 1.807) is 7.11 Å². The first-order valence-corrected chi connectivity index (χ1v) is 18.2. The molecule has 4 bridgehead atoms. The monoisotopic (exact) mass is 675 g/mol. The van der Waals surface area contributed by atoms with E-state index in [1.807, 2.05) is 42.6 Å². The highest BCUT2D eigenvalue weighted by atomic mass is 35.5. The number of methoxy groups -OCH3 is 1. The van der Waals surface area contributed by atoms with Gasteiger partial charge in [-0.1, -0.05) is 29.8 Å². The number of aromatic nitrogens is 1. The van der Waals surface area contributed by atoms with Crippen molar-refractivity contribution in [3.8, 4) is 16.9 Å². The molecule has 1 atom stereocenters. The van der Waals surface area contributed by atoms with Crippen LogP contribution in [0.5, 0.6) is 5.75 Å². The molecule has 10 heteroatoms. The van der Waals surface area contributed by atoms with Gasteiger partial charge in [0.1, 0.15) is 5.75 Å². The molecule has 256 valence electrons. The average Bonchev–Trinajstić information content (AvgIpc) is 3.10. The summed E-state index contributed by atoms with van der Waals surface area (Å²) in [5, 5.41) is 8.51. The van der Waals surface area contributed by atoms with Crippen LogP contribution < -0.4 is 15.4 Å². The Morgan fingerprint density at radius 2 is 1.69 bits per heavy atom. The van der Waals surface area contributed by atoms with Gasteiger partial charge in [-0.2, -0.15) is 19.6 Å². The van der Waals surface area contributed by atoms with Crippen molar-refractivity contribution in [1.29, 1.82) is 0 Å². The fraction of sp³-hybridized carbons (Fsp3) is 0.579. The Morgan fingerprint density at radius 1 is 1.00 bits per heavy atom. The number of hydrogen-bond donors (Lipinski definition) is 2. The van der Waals surface area contributed by atoms with E-state index in [4.69, 9.17) is 40.9 Å². The van der Waals surface area contributed by atoms with Gasteiger partial charge in [0.2, 0.25) is 17.5 Å². The first-order chi connectivity index (χ1) is 23.3. The van der Waals surface area contributed by atoms with E-state index in [0.29, 0.717) is 49.1 Å². The number of carbonyl (C=O) groups is 1. The van der Waals surface area contributed by atoms with Gasteiger partial charge in [-0.3, -0.25) is 9.78 Å². The molecule has 3 aromatic rings. The summed E-state index contributed by atoms with van der Waals surface area (Å²) in [6, 6.07) is 14.0. The Morgan fingerprint density at radius 3 is 2.35 bits per heavy atom. The minimum atomic E-state index is -0.910. The Hall–Kier alpha value is -2.95. The molecule has 2 aromatic carbocycles. The summed E-state index contributed by atoms with van der Waals surface area (Å²) in [5.41, 5.74) is 3.81. The van der Waals surface area contributed by atoms with Crippen LogP contribution in [-0.4, -0.2) is 42.2 Å². The van der Waals surface area contributed by atoms with Gasteiger partial charge in [-0.05, 0) is 100 Å². The Balaban J connectivity index is 0.810. The second kappa shape index (κ2) is 13.1. The summed E-state index contributed by atoms with van der Waals surface area (Å²) in [4.78, 5) is 42.3. The second-order valence-electron chi connectivity index (χ2n) is 14.9. The number of ether oxygens (including phenoxy) is 1. The fourth-order valence-electron chi connectivity index (χ4n) is 9.42. The lowest BCUT2D eigenvalue weighted by atomic mass is 9.53. The van der Waals surface area contributed by atoms with Gasteiger partial charge < -0.3 is 15.4 Å². The molecule has 6 aliphatic rings. The quantitative estimate of drug-likeness (QED) is 0.173. The third kappa shape index (κ3) is 5.96. The van der Waals surface area contributed by atoms with Crippen LogP contribution in [0.15, 0.2) is 48.7 Å². The Labute approximate surface area is 287 Å². The maximum atomic E-state index is 13.1. The van der Waals surface area contributed by atoms with Crippen molar-refractivity contribution < 1.29 is 29.1 Å². The van der Waals surface area contributed by atoms with Crippen LogP contribution >= 0.6 is 11.6 Å². The number of hydrogen-bond acceptors (Lipinski definition) is 8. The topological polar surface area (TPSA) is 100 Å². The smallest absolute Gasteiger partial charge is 0.239 e. The predicted octanol–water partition coefficient (Wildman–Crippen LogP) is 8.21. The molecule has 1 saturated heterocycles. The summed E-state index contributed by atoms with van der Waals surface area (Å²) in [7, 11) is 1.69. The number of nitrogens with zero attached hydrogens (tertiary/aromatic N) is 1. The number of pyridine rings is 1. The van der Waals surface area contributed by atoms with Crippen molar-refractivity contribution in [3.05, 3.63) is 53.7 Å². The molecule has 1 aromatic heterocycles. The number of nitrogens with one attached hydrogen (secondary N) is 2. The number of halogens is 1. The van der Waals surface area contributed by atoms with Gasteiger partial charge in [0.05, 0.1) is 18.3 Å². The SMILES string of the molecule is COc1cc(NC(C)CCCNC(=O)C2CCC3(CC2)OOC2(OO3)C3CC4CC(C3)CC2C4)c2ncccc2c1-c1ccc(Cl)cc1. The van der Waals surface area contributed by atoms with Crippen LogP contribution in [0, 0.1) is 29.6 Å². The lowest BCUT2D eigenvalue weighted by molar-refractivity contribution is -0.680. The number of fused-ring (bicyclic) bond motifs is 1. The van der Waals surface area contributed by atoms with Crippen LogP contribution in [-0.2, 0) is 24.3 Å². The van der Waals surface area contributed by atoms with Crippen molar-refractivity contribution >= 4 is 34.1 Å². The lowest BCUT2D eigenvalue weighted by Gasteiger charge is -2.60. The molecular formula is C38H46ClN3O6. The van der Waals surface area contributed by atoms with Gasteiger partial charge in [-0.15, -0.1) is 0 Å². The standard InChI is InChI=1S/C38H46ClN3O6/c1-23(42-32-22-33(44-2)34(26-7-9-30(39)10-8-26)31-6-4-15-40-35(31)32)5-3-16-41-36(43)27-11-13-37(14-12-27)45-47-38(48-46-37)28-18-24-17-25(20-28)21-29(38)19-24/h4,6-10,15,22-25,27-29,42H,3,5,11-14,16-21H2,1-2H3,(H,41,43). The molecule has 5 aliphatic carbocycles. The molecular weight excluding hydrogens is 630 g/mol. The lowest BCUT2D eigenvalue weighted by Crippen LogP contribution is -2.64. The van der Waals surface area contributed by atoms with Crippen LogP contribution in [0.2, 0.25) is 5.02 Å². The number of amides is 1. The summed E-state index contributed by atoms with van der Waals surface area (Å²) in [5.74, 6) is 1.45. The van der Waals surface area contributed by atoms with E-state index in [9.17, 15) is 4.79 Å². The third-order valence-corrected chi connectivity index (χ3v) is 12.0. The summed E-state index contributed by atoms with van der Waals surface area (Å²) >= 11 is 6.16. The number of rotatable bonds is 9. The fourth-order valence-corrected chi connectivity index (χ4v) is 9.55. The van der Waals surface area contributed by atoms with Gasteiger partial charge in [-0.25, -0.2) is 0 Å². The van der Waals surface area contributed by atoms with Crippen molar-refractivity contribution in [3.63, 3.8) is 0 Å². The summed E-state index contributed by atoms with van der Waals surface area (Å²) in [6.45, 7) is 2.77. The molecule has 9 rings (SSSR count). The summed E-state index contributed by atoms with van der Waals surface area (Å²) < 4.78 is 5.85. The average molecular weight is 676 g/mol. The van der Waals surface area contributed by atoms with E-state index < -0.39 is 11.6 Å². The third-order valence-electron chi connectivity index (χ3n) is 11.8. The van der Waals surface area contributed by atoms with Crippen LogP contribution in [0.25, 0.3) is 22.0 Å². The van der Waals surface area contributed by atoms with Gasteiger partial charge in [0.15, 0.2) is 0 Å². The van der Waals surface area contributed by atoms with Gasteiger partial charge >= 0.3 is 0 Å². The first-order valence-electron chi connectivity index (χ1n) is 17.8. The minimum Gasteiger partial charge on any atom is -0.496 e. The number of anilines is 1. The molecule has 1 aliphatic heterocycles. The zero-order valence-electron chi connectivity index (χ0n) is 27.8. The van der Waals surface area contributed by atoms with Crippen molar-refractivity contribution in [1.82, 2.24) is 10.3 Å². The molecule has 1 amide bonds. The molecule has 9 nitrogen and oxygen atoms in total. The van der Waals surface area contributed by atoms with Crippen LogP contribution in [0.1, 0.15) is 77.6 Å². The molecule has 5 saturated carbocycles. The molecule has 48 heavy (non-hydrogen) atoms. The highest BCUT2D eigenvalue weighted by Gasteiger charge is 2.64. The van der Waals surface area contributed by atoms with Crippen LogP contribution in [0.3, 0.4) is 0 Å². The minimum absolute atomic E-state index is 0.0699. The maximum absolute atomic E-state index is 13.1. The Bertz CT molecular complexity index is 1600. The first kappa shape index (κ1) is 32.3. The number of carbonyl (C=O) groups excluding carboxylic acids is 1. The largest absolute Gasteiger partial charge is 0.496 e. The zero-order chi connectivity index (χ0) is 32.9. The van der Waals surface area contributed by atoms with E-state index in [1.165, 1.54) is 6.42 Å². The Kier molecular flexibility index (Phi) is 8.78. The molecule has 2 N–H and O–H groups in total. The molecule has 1 unspecified atom stereocenters. The van der Waals surface area contributed by atoms with E-state index in [-0.39, 0.29) is 17.9 Å². The predicted molar refractivity (Wildman–Crippen MR) is 183 cm³/mol. The molecule has 6 fully saturated rings. The van der Waals surface area contributed by atoms with Crippen LogP contribution in [0.4, 0.5) is 5.69 Å². The van der Waals surface area contributed by atoms with Crippen molar-refractivity contribution in [2.75, 3.05) is 19.0 Å². The maximum Gasteiger partial charge on any atom is 0.239 e. The molecule has 2 heterocycles. The normalized spacial score (nSPS) is 32.9. The highest BCUT2D eigenvalue weighted by molar-refractivity contribution is 6.30. The molecule has 0 radical (unpaired) electrons.